The number of alkyl halides is 3. The third-order valence-electron chi connectivity index (χ3n) is 3.63. The zero-order valence-electron chi connectivity index (χ0n) is 12.7. The van der Waals surface area contributed by atoms with E-state index in [1.165, 1.54) is 6.07 Å². The van der Waals surface area contributed by atoms with Crippen LogP contribution >= 0.6 is 0 Å². The summed E-state index contributed by atoms with van der Waals surface area (Å²) >= 11 is 0. The van der Waals surface area contributed by atoms with Crippen molar-refractivity contribution in [2.75, 3.05) is 11.5 Å². The standard InChI is InChI=1S/C15H9F4N5O2/c16-8-2-1-6(15(17,18)19)5-7(8)11-10(24(25)26)4-3-9-12(11)23-14(21)13(20)22-9/h1-5H,(H2,20,22)(H2,21,23). The summed E-state index contributed by atoms with van der Waals surface area (Å²) in [4.78, 5) is 18.2. The van der Waals surface area contributed by atoms with Crippen molar-refractivity contribution in [3.8, 4) is 11.1 Å². The van der Waals surface area contributed by atoms with Crippen LogP contribution in [-0.2, 0) is 6.18 Å². The third-order valence-corrected chi connectivity index (χ3v) is 3.63. The topological polar surface area (TPSA) is 121 Å². The number of halogens is 4. The largest absolute Gasteiger partial charge is 0.416 e. The molecule has 0 unspecified atom stereocenters. The lowest BCUT2D eigenvalue weighted by molar-refractivity contribution is -0.384. The molecule has 0 atom stereocenters. The molecule has 2 aromatic carbocycles. The molecule has 0 spiro atoms. The average Bonchev–Trinajstić information content (AvgIpc) is 2.54. The van der Waals surface area contributed by atoms with Gasteiger partial charge in [-0.2, -0.15) is 13.2 Å². The predicted molar refractivity (Wildman–Crippen MR) is 85.4 cm³/mol. The summed E-state index contributed by atoms with van der Waals surface area (Å²) in [7, 11) is 0. The lowest BCUT2D eigenvalue weighted by Crippen LogP contribution is -2.07. The Balaban J connectivity index is 2.45. The first-order valence-corrected chi connectivity index (χ1v) is 6.97. The number of rotatable bonds is 2. The summed E-state index contributed by atoms with van der Waals surface area (Å²) in [6.45, 7) is 0. The number of anilines is 2. The van der Waals surface area contributed by atoms with Crippen LogP contribution in [0.3, 0.4) is 0 Å². The van der Waals surface area contributed by atoms with Crippen LogP contribution in [0.25, 0.3) is 22.2 Å². The fourth-order valence-corrected chi connectivity index (χ4v) is 2.45. The molecule has 0 bridgehead atoms. The van der Waals surface area contributed by atoms with Gasteiger partial charge in [0.05, 0.1) is 21.6 Å². The molecule has 0 saturated heterocycles. The molecule has 0 aliphatic heterocycles. The van der Waals surface area contributed by atoms with Crippen molar-refractivity contribution < 1.29 is 22.5 Å². The number of nitro groups is 1. The molecule has 0 aliphatic carbocycles. The van der Waals surface area contributed by atoms with Gasteiger partial charge in [-0.1, -0.05) is 0 Å². The fraction of sp³-hybridized carbons (Fsp3) is 0.0667. The number of fused-ring (bicyclic) bond motifs is 1. The second-order valence-electron chi connectivity index (χ2n) is 5.27. The molecule has 0 amide bonds. The molecule has 3 aromatic rings. The highest BCUT2D eigenvalue weighted by Gasteiger charge is 2.33. The summed E-state index contributed by atoms with van der Waals surface area (Å²) in [5, 5.41) is 11.3. The normalized spacial score (nSPS) is 11.7. The van der Waals surface area contributed by atoms with E-state index in [1.807, 2.05) is 0 Å². The number of nitrogens with two attached hydrogens (primary N) is 2. The van der Waals surface area contributed by atoms with Gasteiger partial charge < -0.3 is 11.5 Å². The van der Waals surface area contributed by atoms with E-state index in [-0.39, 0.29) is 22.7 Å². The Bertz CT molecular complexity index is 1050. The van der Waals surface area contributed by atoms with Crippen LogP contribution in [0.4, 0.5) is 34.9 Å². The Morgan fingerprint density at radius 1 is 1.04 bits per heavy atom. The molecular weight excluding hydrogens is 358 g/mol. The van der Waals surface area contributed by atoms with E-state index in [1.54, 1.807) is 0 Å². The van der Waals surface area contributed by atoms with E-state index >= 15 is 0 Å². The van der Waals surface area contributed by atoms with E-state index in [2.05, 4.69) is 9.97 Å². The minimum absolute atomic E-state index is 0.0223. The lowest BCUT2D eigenvalue weighted by Gasteiger charge is -2.12. The van der Waals surface area contributed by atoms with Gasteiger partial charge in [0.25, 0.3) is 5.69 Å². The van der Waals surface area contributed by atoms with Crippen LogP contribution in [0.1, 0.15) is 5.56 Å². The predicted octanol–water partition coefficient (Wildman–Crippen LogP) is 3.53. The average molecular weight is 367 g/mol. The van der Waals surface area contributed by atoms with E-state index in [4.69, 9.17) is 11.5 Å². The van der Waals surface area contributed by atoms with E-state index in [0.717, 1.165) is 6.07 Å². The van der Waals surface area contributed by atoms with Crippen LogP contribution in [0.2, 0.25) is 0 Å². The molecule has 11 heteroatoms. The lowest BCUT2D eigenvalue weighted by atomic mass is 9.98. The van der Waals surface area contributed by atoms with Crippen LogP contribution in [0, 0.1) is 15.9 Å². The number of nitrogens with zero attached hydrogens (tertiary/aromatic N) is 3. The second-order valence-corrected chi connectivity index (χ2v) is 5.27. The SMILES string of the molecule is Nc1nc2ccc([N+](=O)[O-])c(-c3cc(C(F)(F)F)ccc3F)c2nc1N. The van der Waals surface area contributed by atoms with E-state index in [9.17, 15) is 27.7 Å². The van der Waals surface area contributed by atoms with E-state index < -0.39 is 39.3 Å². The number of hydrogen-bond acceptors (Lipinski definition) is 6. The molecule has 4 N–H and O–H groups in total. The highest BCUT2D eigenvalue weighted by Crippen LogP contribution is 2.40. The number of hydrogen-bond donors (Lipinski definition) is 2. The van der Waals surface area contributed by atoms with Gasteiger partial charge in [-0.3, -0.25) is 10.1 Å². The maximum absolute atomic E-state index is 14.3. The molecule has 26 heavy (non-hydrogen) atoms. The van der Waals surface area contributed by atoms with Gasteiger partial charge >= 0.3 is 6.18 Å². The van der Waals surface area contributed by atoms with Crippen molar-refractivity contribution in [1.82, 2.24) is 9.97 Å². The third kappa shape index (κ3) is 2.83. The summed E-state index contributed by atoms with van der Waals surface area (Å²) in [6, 6.07) is 3.78. The van der Waals surface area contributed by atoms with Crippen molar-refractivity contribution >= 4 is 28.4 Å². The maximum atomic E-state index is 14.3. The fourth-order valence-electron chi connectivity index (χ4n) is 2.45. The summed E-state index contributed by atoms with van der Waals surface area (Å²) < 4.78 is 53.3. The zero-order chi connectivity index (χ0) is 19.2. The molecule has 134 valence electrons. The number of nitro benzene ring substituents is 1. The minimum atomic E-state index is -4.77. The van der Waals surface area contributed by atoms with Crippen LogP contribution < -0.4 is 11.5 Å². The Labute approximate surface area is 142 Å². The molecule has 7 nitrogen and oxygen atoms in total. The van der Waals surface area contributed by atoms with Crippen LogP contribution in [0.15, 0.2) is 30.3 Å². The quantitative estimate of drug-likeness (QED) is 0.406. The smallest absolute Gasteiger partial charge is 0.381 e. The van der Waals surface area contributed by atoms with Crippen molar-refractivity contribution in [2.24, 2.45) is 0 Å². The van der Waals surface area contributed by atoms with Gasteiger partial charge in [-0.25, -0.2) is 14.4 Å². The van der Waals surface area contributed by atoms with Crippen molar-refractivity contribution in [2.45, 2.75) is 6.18 Å². The number of nitrogen functional groups attached to an aromatic ring is 2. The molecular formula is C15H9F4N5O2. The van der Waals surface area contributed by atoms with E-state index in [0.29, 0.717) is 18.2 Å². The number of aromatic nitrogens is 2. The first kappa shape index (κ1) is 17.3. The van der Waals surface area contributed by atoms with Crippen molar-refractivity contribution in [1.29, 1.82) is 0 Å². The van der Waals surface area contributed by atoms with Gasteiger partial charge in [-0.15, -0.1) is 0 Å². The van der Waals surface area contributed by atoms with Gasteiger partial charge in [0.15, 0.2) is 11.6 Å². The molecule has 1 aromatic heterocycles. The van der Waals surface area contributed by atoms with Gasteiger partial charge in [0, 0.05) is 11.6 Å². The van der Waals surface area contributed by atoms with Gasteiger partial charge in [0.2, 0.25) is 0 Å². The monoisotopic (exact) mass is 367 g/mol. The molecule has 0 saturated carbocycles. The molecule has 3 rings (SSSR count). The van der Waals surface area contributed by atoms with Gasteiger partial charge in [-0.05, 0) is 24.3 Å². The Morgan fingerprint density at radius 3 is 2.31 bits per heavy atom. The Morgan fingerprint density at radius 2 is 1.69 bits per heavy atom. The minimum Gasteiger partial charge on any atom is -0.381 e. The highest BCUT2D eigenvalue weighted by atomic mass is 19.4. The highest BCUT2D eigenvalue weighted by molar-refractivity contribution is 5.98. The van der Waals surface area contributed by atoms with Crippen molar-refractivity contribution in [3.63, 3.8) is 0 Å². The second kappa shape index (κ2) is 5.79. The van der Waals surface area contributed by atoms with Gasteiger partial charge in [0.1, 0.15) is 11.3 Å². The van der Waals surface area contributed by atoms with Crippen LogP contribution in [-0.4, -0.2) is 14.9 Å². The van der Waals surface area contributed by atoms with Crippen molar-refractivity contribution in [3.05, 3.63) is 51.8 Å². The number of benzene rings is 2. The first-order valence-electron chi connectivity index (χ1n) is 6.97. The molecule has 1 heterocycles. The molecule has 0 aliphatic rings. The Kier molecular flexibility index (Phi) is 3.86. The summed E-state index contributed by atoms with van der Waals surface area (Å²) in [5.41, 5.74) is 7.95. The summed E-state index contributed by atoms with van der Waals surface area (Å²) in [5.74, 6) is -1.54. The maximum Gasteiger partial charge on any atom is 0.416 e. The van der Waals surface area contributed by atoms with Crippen LogP contribution in [0.5, 0.6) is 0 Å². The summed E-state index contributed by atoms with van der Waals surface area (Å²) in [6.07, 6.45) is -4.77. The zero-order valence-corrected chi connectivity index (χ0v) is 12.7. The Hall–Kier alpha value is -3.50. The molecule has 0 radical (unpaired) electrons. The molecule has 0 fully saturated rings. The first-order chi connectivity index (χ1) is 12.1.